The van der Waals surface area contributed by atoms with Crippen molar-refractivity contribution in [1.29, 1.82) is 0 Å². The van der Waals surface area contributed by atoms with Gasteiger partial charge < -0.3 is 5.32 Å². The zero-order valence-electron chi connectivity index (χ0n) is 14.3. The molecular weight excluding hydrogens is 282 g/mol. The summed E-state index contributed by atoms with van der Waals surface area (Å²) in [4.78, 5) is 12.0. The fraction of sp³-hybridized carbons (Fsp3) is 0.286. The highest BCUT2D eigenvalue weighted by atomic mass is 16.1. The van der Waals surface area contributed by atoms with E-state index in [0.717, 1.165) is 11.1 Å². The molecule has 0 saturated carbocycles. The molecule has 2 nitrogen and oxygen atoms in total. The molecule has 2 heteroatoms. The van der Waals surface area contributed by atoms with Crippen molar-refractivity contribution in [3.63, 3.8) is 0 Å². The Hall–Kier alpha value is -2.35. The summed E-state index contributed by atoms with van der Waals surface area (Å²) in [6.07, 6.45) is 3.44. The number of carbonyl (C=O) groups excluding carboxylic acids is 1. The van der Waals surface area contributed by atoms with E-state index < -0.39 is 0 Å². The van der Waals surface area contributed by atoms with E-state index in [1.807, 2.05) is 55.5 Å². The summed E-state index contributed by atoms with van der Waals surface area (Å²) in [6, 6.07) is 18.3. The topological polar surface area (TPSA) is 29.1 Å². The molecule has 0 aromatic heterocycles. The standard InChI is InChI=1S/C21H25NO/c1-16(18-8-6-5-7-9-18)22-20(23)15-12-17-10-13-19(14-11-17)21(2,3)4/h5-16H,1-4H3,(H,22,23)/b15-12+. The Morgan fingerprint density at radius 1 is 1.00 bits per heavy atom. The average Bonchev–Trinajstić information content (AvgIpc) is 2.53. The lowest BCUT2D eigenvalue weighted by atomic mass is 9.87. The lowest BCUT2D eigenvalue weighted by Crippen LogP contribution is -2.24. The lowest BCUT2D eigenvalue weighted by molar-refractivity contribution is -0.117. The molecule has 0 heterocycles. The SMILES string of the molecule is CC(NC(=O)/C=C/c1ccc(C(C)(C)C)cc1)c1ccccc1. The molecular formula is C21H25NO. The van der Waals surface area contributed by atoms with Crippen LogP contribution in [0.2, 0.25) is 0 Å². The average molecular weight is 307 g/mol. The molecule has 23 heavy (non-hydrogen) atoms. The largest absolute Gasteiger partial charge is 0.346 e. The summed E-state index contributed by atoms with van der Waals surface area (Å²) in [6.45, 7) is 8.56. The lowest BCUT2D eigenvalue weighted by Gasteiger charge is -2.18. The van der Waals surface area contributed by atoms with Gasteiger partial charge in [-0.3, -0.25) is 4.79 Å². The van der Waals surface area contributed by atoms with Gasteiger partial charge in [0.2, 0.25) is 5.91 Å². The summed E-state index contributed by atoms with van der Waals surface area (Å²) in [5, 5.41) is 2.98. The van der Waals surface area contributed by atoms with Gasteiger partial charge in [0, 0.05) is 6.08 Å². The fourth-order valence-electron chi connectivity index (χ4n) is 2.35. The smallest absolute Gasteiger partial charge is 0.244 e. The van der Waals surface area contributed by atoms with Crippen LogP contribution in [0.3, 0.4) is 0 Å². The van der Waals surface area contributed by atoms with Crippen molar-refractivity contribution in [2.45, 2.75) is 39.2 Å². The van der Waals surface area contributed by atoms with Crippen LogP contribution in [0.5, 0.6) is 0 Å². The van der Waals surface area contributed by atoms with Crippen molar-refractivity contribution < 1.29 is 4.79 Å². The Kier molecular flexibility index (Phi) is 5.38. The van der Waals surface area contributed by atoms with Gasteiger partial charge in [0.25, 0.3) is 0 Å². The first-order valence-electron chi connectivity index (χ1n) is 8.00. The molecule has 1 unspecified atom stereocenters. The first kappa shape index (κ1) is 17.0. The number of nitrogens with one attached hydrogen (secondary N) is 1. The molecule has 0 aliphatic heterocycles. The molecule has 0 spiro atoms. The van der Waals surface area contributed by atoms with Crippen molar-refractivity contribution in [2.75, 3.05) is 0 Å². The third-order valence-corrected chi connectivity index (χ3v) is 3.86. The maximum Gasteiger partial charge on any atom is 0.244 e. The molecule has 2 rings (SSSR count). The van der Waals surface area contributed by atoms with Gasteiger partial charge in [0.05, 0.1) is 6.04 Å². The molecule has 2 aromatic carbocycles. The van der Waals surface area contributed by atoms with Gasteiger partial charge in [-0.05, 0) is 35.1 Å². The number of benzene rings is 2. The Morgan fingerprint density at radius 2 is 1.61 bits per heavy atom. The van der Waals surface area contributed by atoms with E-state index in [4.69, 9.17) is 0 Å². The van der Waals surface area contributed by atoms with Gasteiger partial charge in [-0.25, -0.2) is 0 Å². The van der Waals surface area contributed by atoms with Crippen LogP contribution in [-0.2, 0) is 10.2 Å². The van der Waals surface area contributed by atoms with Crippen LogP contribution < -0.4 is 5.32 Å². The third kappa shape index (κ3) is 5.10. The molecule has 0 bridgehead atoms. The number of hydrogen-bond donors (Lipinski definition) is 1. The third-order valence-electron chi connectivity index (χ3n) is 3.86. The highest BCUT2D eigenvalue weighted by molar-refractivity contribution is 5.91. The second-order valence-corrected chi connectivity index (χ2v) is 6.85. The molecule has 120 valence electrons. The van der Waals surface area contributed by atoms with E-state index in [-0.39, 0.29) is 17.4 Å². The van der Waals surface area contributed by atoms with Crippen molar-refractivity contribution in [2.24, 2.45) is 0 Å². The van der Waals surface area contributed by atoms with E-state index in [1.54, 1.807) is 6.08 Å². The maximum atomic E-state index is 12.0. The summed E-state index contributed by atoms with van der Waals surface area (Å²) in [5.74, 6) is -0.0822. The highest BCUT2D eigenvalue weighted by Crippen LogP contribution is 2.22. The van der Waals surface area contributed by atoms with Crippen molar-refractivity contribution in [1.82, 2.24) is 5.32 Å². The minimum Gasteiger partial charge on any atom is -0.346 e. The first-order valence-corrected chi connectivity index (χ1v) is 8.00. The van der Waals surface area contributed by atoms with Crippen molar-refractivity contribution in [3.05, 3.63) is 77.4 Å². The normalized spacial score (nSPS) is 13.0. The van der Waals surface area contributed by atoms with Crippen molar-refractivity contribution >= 4 is 12.0 Å². The minimum absolute atomic E-state index is 0.00313. The van der Waals surface area contributed by atoms with E-state index in [0.29, 0.717) is 0 Å². The second kappa shape index (κ2) is 7.28. The Balaban J connectivity index is 1.96. The molecule has 1 amide bonds. The van der Waals surface area contributed by atoms with Gasteiger partial charge >= 0.3 is 0 Å². The number of rotatable bonds is 4. The van der Waals surface area contributed by atoms with Crippen LogP contribution in [0.4, 0.5) is 0 Å². The van der Waals surface area contributed by atoms with Gasteiger partial charge in [-0.15, -0.1) is 0 Å². The van der Waals surface area contributed by atoms with Gasteiger partial charge in [0.15, 0.2) is 0 Å². The van der Waals surface area contributed by atoms with Gasteiger partial charge in [0.1, 0.15) is 0 Å². The second-order valence-electron chi connectivity index (χ2n) is 6.85. The van der Waals surface area contributed by atoms with Gasteiger partial charge in [-0.1, -0.05) is 75.4 Å². The van der Waals surface area contributed by atoms with Crippen LogP contribution >= 0.6 is 0 Å². The summed E-state index contributed by atoms with van der Waals surface area (Å²) in [7, 11) is 0. The number of hydrogen-bond acceptors (Lipinski definition) is 1. The van der Waals surface area contributed by atoms with E-state index in [9.17, 15) is 4.79 Å². The van der Waals surface area contributed by atoms with Crippen LogP contribution in [0, 0.1) is 0 Å². The Bertz CT molecular complexity index is 663. The monoisotopic (exact) mass is 307 g/mol. The van der Waals surface area contributed by atoms with Crippen LogP contribution in [0.25, 0.3) is 6.08 Å². The van der Waals surface area contributed by atoms with Gasteiger partial charge in [-0.2, -0.15) is 0 Å². The van der Waals surface area contributed by atoms with E-state index in [2.05, 4.69) is 38.2 Å². The summed E-state index contributed by atoms with van der Waals surface area (Å²) < 4.78 is 0. The molecule has 0 fully saturated rings. The summed E-state index contributed by atoms with van der Waals surface area (Å²) >= 11 is 0. The van der Waals surface area contributed by atoms with Crippen molar-refractivity contribution in [3.8, 4) is 0 Å². The molecule has 2 aromatic rings. The number of carbonyl (C=O) groups is 1. The summed E-state index contributed by atoms with van der Waals surface area (Å²) in [5.41, 5.74) is 3.56. The predicted octanol–water partition coefficient (Wildman–Crippen LogP) is 4.87. The van der Waals surface area contributed by atoms with Crippen LogP contribution in [0.15, 0.2) is 60.7 Å². The van der Waals surface area contributed by atoms with Crippen LogP contribution in [-0.4, -0.2) is 5.91 Å². The molecule has 0 radical (unpaired) electrons. The zero-order chi connectivity index (χ0) is 16.9. The maximum absolute atomic E-state index is 12.0. The fourth-order valence-corrected chi connectivity index (χ4v) is 2.35. The Morgan fingerprint density at radius 3 is 2.17 bits per heavy atom. The molecule has 0 saturated heterocycles. The predicted molar refractivity (Wildman–Crippen MR) is 97.2 cm³/mol. The quantitative estimate of drug-likeness (QED) is 0.802. The minimum atomic E-state index is -0.0822. The highest BCUT2D eigenvalue weighted by Gasteiger charge is 2.12. The Labute approximate surface area is 139 Å². The van der Waals surface area contributed by atoms with E-state index >= 15 is 0 Å². The number of amides is 1. The zero-order valence-corrected chi connectivity index (χ0v) is 14.3. The van der Waals surface area contributed by atoms with Crippen LogP contribution in [0.1, 0.15) is 50.4 Å². The molecule has 0 aliphatic carbocycles. The molecule has 0 aliphatic rings. The molecule has 1 atom stereocenters. The molecule has 1 N–H and O–H groups in total. The first-order chi connectivity index (χ1) is 10.9. The van der Waals surface area contributed by atoms with E-state index in [1.165, 1.54) is 5.56 Å².